The number of nitrogens with one attached hydrogen (secondary N) is 5. The molecule has 10 aromatic rings. The SMILES string of the molecule is CCCS(=O)(=O)Nc1cc(F)cc(C(=O)Cl)c1.CCCS(=O)(=O)Nc1cc(F)cc(C(=O)O)c1.CCCS(=O)(=O)Nc1cc(F)cc(C(=O)c2c[nH]c3ncc(-c4ccc(Cl)cc4)cc23)c1.Clc1ccc(-c2cnc3[nH]ccc3c2)cc1.O=C(Cl)C(=O)Cl.O=C(O)c1cc(F)cc([N+](=O)[O-])c1. The number of non-ortho nitro benzene ring substituents is 1. The first-order valence-corrected chi connectivity index (χ1v) is 35.7. The maximum atomic E-state index is 14.2. The second-order valence-corrected chi connectivity index (χ2v) is 28.1. The van der Waals surface area contributed by atoms with Crippen molar-refractivity contribution in [3.05, 3.63) is 236 Å². The molecule has 532 valence electrons. The minimum absolute atomic E-state index is 0.00150. The molecule has 0 fully saturated rings. The molecule has 0 amide bonds. The predicted octanol–water partition coefficient (Wildman–Crippen LogP) is 15.3. The van der Waals surface area contributed by atoms with Crippen LogP contribution < -0.4 is 14.2 Å². The van der Waals surface area contributed by atoms with E-state index in [0.29, 0.717) is 46.9 Å². The number of hydrogen-bond donors (Lipinski definition) is 7. The number of aromatic carboxylic acids is 2. The Labute approximate surface area is 598 Å². The molecular formula is C65H55Cl5F4N8O16S3. The number of aromatic nitrogens is 4. The Morgan fingerprint density at radius 2 is 0.881 bits per heavy atom. The quantitative estimate of drug-likeness (QED) is 0.00877. The molecule has 0 spiro atoms. The van der Waals surface area contributed by atoms with Crippen LogP contribution in [0.15, 0.2) is 164 Å². The highest BCUT2D eigenvalue weighted by Gasteiger charge is 2.21. The van der Waals surface area contributed by atoms with Gasteiger partial charge in [0.2, 0.25) is 30.1 Å². The van der Waals surface area contributed by atoms with Gasteiger partial charge in [0.05, 0.1) is 56.4 Å². The third-order valence-corrected chi connectivity index (χ3v) is 18.3. The second kappa shape index (κ2) is 37.5. The molecule has 36 heteroatoms. The van der Waals surface area contributed by atoms with Gasteiger partial charge in [0.25, 0.3) is 10.9 Å². The average molecular weight is 1550 g/mol. The van der Waals surface area contributed by atoms with Crippen molar-refractivity contribution in [2.24, 2.45) is 0 Å². The highest BCUT2D eigenvalue weighted by molar-refractivity contribution is 7.93. The standard InChI is InChI=1S/C23H19ClFN3O3S.C13H9ClN2.C10H11ClFNO3S.C10H12FNO4S.C7H4FNO4.C2Cl2O2/c1-2-7-32(30,31)28-19-9-15(8-18(25)11-19)22(29)21-13-27-23-20(21)10-16(12-26-23)14-3-5-17(24)6-4-14;14-12-3-1-9(2-4-12)11-7-10-5-6-15-13(10)16-8-11;1-2-3-17(15,16)13-9-5-7(10(11)14)4-8(12)6-9;1-2-3-17(15,16)12-9-5-7(10(13)14)4-8(11)6-9;8-5-1-4(7(10)11)2-6(3-5)9(12)13;3-1(5)2(4)6/h3-6,8-13,28H,2,7H2,1H3,(H,26,27);1-8H,(H,15,16);4-6,13H,2-3H2,1H3;4-6,12H,2-3H2,1H3,(H,13,14);1-3H,(H,10,11);. The Kier molecular flexibility index (Phi) is 30.4. The predicted molar refractivity (Wildman–Crippen MR) is 378 cm³/mol. The van der Waals surface area contributed by atoms with E-state index in [9.17, 15) is 81.7 Å². The van der Waals surface area contributed by atoms with Gasteiger partial charge in [-0.1, -0.05) is 68.2 Å². The van der Waals surface area contributed by atoms with Gasteiger partial charge in [-0.25, -0.2) is 62.4 Å². The van der Waals surface area contributed by atoms with Crippen LogP contribution in [0.5, 0.6) is 0 Å². The molecule has 101 heavy (non-hydrogen) atoms. The van der Waals surface area contributed by atoms with Crippen LogP contribution >= 0.6 is 58.0 Å². The van der Waals surface area contributed by atoms with Gasteiger partial charge < -0.3 is 20.2 Å². The number of H-pyrrole nitrogens is 2. The molecule has 6 aromatic carbocycles. The number of carboxylic acid groups (broad SMARTS) is 2. The number of aromatic amines is 2. The van der Waals surface area contributed by atoms with E-state index in [1.165, 1.54) is 18.3 Å². The van der Waals surface area contributed by atoms with Crippen LogP contribution in [-0.4, -0.2) is 111 Å². The summed E-state index contributed by atoms with van der Waals surface area (Å²) in [7, 11) is -10.7. The first-order valence-electron chi connectivity index (χ1n) is 28.8. The summed E-state index contributed by atoms with van der Waals surface area (Å²) in [5, 5.41) is 27.2. The van der Waals surface area contributed by atoms with Crippen LogP contribution in [0, 0.1) is 33.4 Å². The van der Waals surface area contributed by atoms with E-state index in [1.54, 1.807) is 39.1 Å². The van der Waals surface area contributed by atoms with Crippen LogP contribution in [0.4, 0.5) is 40.3 Å². The number of fused-ring (bicyclic) bond motifs is 2. The number of sulfonamides is 3. The van der Waals surface area contributed by atoms with Crippen molar-refractivity contribution in [1.82, 2.24) is 19.9 Å². The lowest BCUT2D eigenvalue weighted by Crippen LogP contribution is -2.16. The average Bonchev–Trinajstić information content (AvgIpc) is 1.68. The lowest BCUT2D eigenvalue weighted by molar-refractivity contribution is -0.385. The molecule has 0 saturated heterocycles. The summed E-state index contributed by atoms with van der Waals surface area (Å²) in [6, 6.07) is 32.5. The number of carbonyl (C=O) groups excluding carboxylic acids is 4. The molecule has 7 N–H and O–H groups in total. The smallest absolute Gasteiger partial charge is 0.336 e. The Balaban J connectivity index is 0.000000232. The van der Waals surface area contributed by atoms with Crippen molar-refractivity contribution in [1.29, 1.82) is 0 Å². The van der Waals surface area contributed by atoms with Crippen LogP contribution in [-0.2, 0) is 39.7 Å². The first-order chi connectivity index (χ1) is 47.4. The molecule has 0 radical (unpaired) electrons. The summed E-state index contributed by atoms with van der Waals surface area (Å²) in [6.45, 7) is 5.12. The van der Waals surface area contributed by atoms with E-state index in [1.807, 2.05) is 60.9 Å². The zero-order chi connectivity index (χ0) is 75.1. The Morgan fingerprint density at radius 1 is 0.495 bits per heavy atom. The van der Waals surface area contributed by atoms with Crippen molar-refractivity contribution in [3.63, 3.8) is 0 Å². The van der Waals surface area contributed by atoms with Crippen molar-refractivity contribution in [3.8, 4) is 22.3 Å². The van der Waals surface area contributed by atoms with E-state index in [4.69, 9.17) is 45.0 Å². The zero-order valence-electron chi connectivity index (χ0n) is 52.4. The highest BCUT2D eigenvalue weighted by Crippen LogP contribution is 2.30. The lowest BCUT2D eigenvalue weighted by Gasteiger charge is -2.09. The topological polar surface area (TPSA) is 382 Å². The molecule has 0 saturated carbocycles. The summed E-state index contributed by atoms with van der Waals surface area (Å²) in [5.74, 6) is -6.65. The van der Waals surface area contributed by atoms with Crippen molar-refractivity contribution < 1.29 is 86.7 Å². The molecule has 4 aromatic heterocycles. The number of anilines is 3. The molecule has 0 aliphatic carbocycles. The van der Waals surface area contributed by atoms with Crippen LogP contribution in [0.1, 0.15) is 87.0 Å². The molecule has 0 atom stereocenters. The molecule has 0 aliphatic heterocycles. The van der Waals surface area contributed by atoms with Gasteiger partial charge in [-0.05, 0) is 168 Å². The highest BCUT2D eigenvalue weighted by atomic mass is 35.5. The van der Waals surface area contributed by atoms with Gasteiger partial charge in [0, 0.05) is 79.5 Å². The van der Waals surface area contributed by atoms with Crippen LogP contribution in [0.25, 0.3) is 44.3 Å². The number of nitro benzene ring substituents is 1. The van der Waals surface area contributed by atoms with Gasteiger partial charge in [0.1, 0.15) is 34.6 Å². The minimum Gasteiger partial charge on any atom is -0.478 e. The number of rotatable bonds is 21. The summed E-state index contributed by atoms with van der Waals surface area (Å²) in [4.78, 5) is 88.0. The van der Waals surface area contributed by atoms with Crippen LogP contribution in [0.2, 0.25) is 10.0 Å². The van der Waals surface area contributed by atoms with Crippen molar-refractivity contribution in [2.75, 3.05) is 31.4 Å². The third-order valence-electron chi connectivity index (χ3n) is 12.7. The number of ketones is 1. The van der Waals surface area contributed by atoms with E-state index in [-0.39, 0.29) is 51.0 Å². The Hall–Kier alpha value is -9.86. The summed E-state index contributed by atoms with van der Waals surface area (Å²) in [6.07, 6.45) is 8.21. The minimum atomic E-state index is -3.63. The summed E-state index contributed by atoms with van der Waals surface area (Å²) in [5.41, 5.74) is 4.13. The van der Waals surface area contributed by atoms with Crippen molar-refractivity contribution in [2.45, 2.75) is 40.0 Å². The third kappa shape index (κ3) is 26.6. The molecular weight excluding hydrogens is 1500 g/mol. The Morgan fingerprint density at radius 3 is 1.30 bits per heavy atom. The summed E-state index contributed by atoms with van der Waals surface area (Å²) < 4.78 is 129. The van der Waals surface area contributed by atoms with E-state index < -0.39 is 103 Å². The molecule has 4 heterocycles. The number of nitrogens with zero attached hydrogens (tertiary/aromatic N) is 3. The zero-order valence-corrected chi connectivity index (χ0v) is 58.6. The molecule has 0 bridgehead atoms. The molecule has 0 aliphatic rings. The number of pyridine rings is 2. The molecule has 24 nitrogen and oxygen atoms in total. The second-order valence-electron chi connectivity index (χ2n) is 20.6. The normalized spacial score (nSPS) is 10.9. The summed E-state index contributed by atoms with van der Waals surface area (Å²) >= 11 is 26.0. The fraction of sp³-hybridized carbons (Fsp3) is 0.138. The molecule has 10 rings (SSSR count). The van der Waals surface area contributed by atoms with E-state index >= 15 is 0 Å². The number of benzene rings is 6. The van der Waals surface area contributed by atoms with Crippen molar-refractivity contribution >= 4 is 166 Å². The Bertz CT molecular complexity index is 4920. The monoisotopic (exact) mass is 1550 g/mol. The van der Waals surface area contributed by atoms with E-state index in [2.05, 4.69) is 63.4 Å². The van der Waals surface area contributed by atoms with E-state index in [0.717, 1.165) is 92.9 Å². The number of carboxylic acids is 2. The van der Waals surface area contributed by atoms with Gasteiger partial charge in [-0.15, -0.1) is 0 Å². The number of halogens is 9. The van der Waals surface area contributed by atoms with Gasteiger partial charge >= 0.3 is 22.4 Å². The first kappa shape index (κ1) is 81.8. The fourth-order valence-corrected chi connectivity index (χ4v) is 12.2. The lowest BCUT2D eigenvalue weighted by atomic mass is 10.0. The largest absolute Gasteiger partial charge is 0.478 e. The number of nitro groups is 1. The maximum absolute atomic E-state index is 14.2. The fourth-order valence-electron chi connectivity index (χ4n) is 8.50. The number of carbonyl (C=O) groups is 6. The van der Waals surface area contributed by atoms with Gasteiger partial charge in [-0.3, -0.25) is 43.5 Å². The van der Waals surface area contributed by atoms with Gasteiger partial charge in [-0.2, -0.15) is 0 Å². The van der Waals surface area contributed by atoms with Gasteiger partial charge in [0.15, 0.2) is 5.78 Å². The number of hydrogen-bond acceptors (Lipinski definition) is 16. The van der Waals surface area contributed by atoms with Crippen LogP contribution in [0.3, 0.4) is 0 Å². The molecule has 0 unspecified atom stereocenters. The maximum Gasteiger partial charge on any atom is 0.336 e.